The molecule has 0 spiro atoms. The second-order valence-corrected chi connectivity index (χ2v) is 11.8. The van der Waals surface area contributed by atoms with Crippen LogP contribution in [0.25, 0.3) is 22.0 Å². The van der Waals surface area contributed by atoms with E-state index in [-0.39, 0.29) is 4.90 Å². The molecule has 1 fully saturated rings. The van der Waals surface area contributed by atoms with E-state index in [1.165, 1.54) is 13.2 Å². The van der Waals surface area contributed by atoms with Crippen LogP contribution in [0.4, 0.5) is 11.6 Å². The second-order valence-electron chi connectivity index (χ2n) is 10.2. The number of nitrogens with zero attached hydrogens (tertiary/aromatic N) is 2. The number of para-hydroxylation sites is 1. The van der Waals surface area contributed by atoms with Crippen LogP contribution in [0.5, 0.6) is 5.75 Å². The average Bonchev–Trinajstić information content (AvgIpc) is 2.93. The van der Waals surface area contributed by atoms with Gasteiger partial charge >= 0.3 is 0 Å². The van der Waals surface area contributed by atoms with Crippen LogP contribution in [0.2, 0.25) is 0 Å². The number of hydrogen-bond acceptors (Lipinski definition) is 7. The predicted molar refractivity (Wildman–Crippen MR) is 157 cm³/mol. The minimum Gasteiger partial charge on any atom is -0.495 e. The summed E-state index contributed by atoms with van der Waals surface area (Å²) in [6, 6.07) is 17.1. The molecule has 9 heteroatoms. The number of methoxy groups -OCH3 is 1. The standard InChI is InChI=1S/C30H35N5O3S/c1-4-20-16-21(17-22-18-32-30(34-29(20)22)33-24-11-9-23(31)10-12-24)26-14-13-25(15-19(26)2)35-39(36,37)28-8-6-5-7-27(28)38-3/h5-8,13-18,23-24,35H,4,9-12,31H2,1-3H3,(H,32,33,34)/t23-,24-. The first-order valence-corrected chi connectivity index (χ1v) is 14.8. The van der Waals surface area contributed by atoms with Crippen molar-refractivity contribution in [3.63, 3.8) is 0 Å². The third-order valence-corrected chi connectivity index (χ3v) is 8.82. The lowest BCUT2D eigenvalue weighted by Gasteiger charge is -2.26. The summed E-state index contributed by atoms with van der Waals surface area (Å²) in [5, 5.41) is 4.48. The summed E-state index contributed by atoms with van der Waals surface area (Å²) < 4.78 is 34.0. The molecule has 5 rings (SSSR count). The van der Waals surface area contributed by atoms with Gasteiger partial charge < -0.3 is 15.8 Å². The summed E-state index contributed by atoms with van der Waals surface area (Å²) in [4.78, 5) is 9.58. The summed E-state index contributed by atoms with van der Waals surface area (Å²) in [7, 11) is -2.36. The monoisotopic (exact) mass is 545 g/mol. The van der Waals surface area contributed by atoms with E-state index in [0.717, 1.165) is 65.3 Å². The van der Waals surface area contributed by atoms with E-state index in [4.69, 9.17) is 15.5 Å². The van der Waals surface area contributed by atoms with Gasteiger partial charge in [0.25, 0.3) is 10.0 Å². The van der Waals surface area contributed by atoms with E-state index in [1.54, 1.807) is 24.3 Å². The number of benzene rings is 3. The number of rotatable bonds is 8. The Labute approximate surface area is 230 Å². The van der Waals surface area contributed by atoms with Gasteiger partial charge in [-0.15, -0.1) is 0 Å². The zero-order valence-electron chi connectivity index (χ0n) is 22.6. The predicted octanol–water partition coefficient (Wildman–Crippen LogP) is 5.66. The third-order valence-electron chi connectivity index (χ3n) is 7.40. The molecule has 0 atom stereocenters. The van der Waals surface area contributed by atoms with Gasteiger partial charge in [-0.25, -0.2) is 18.4 Å². The Morgan fingerprint density at radius 2 is 1.82 bits per heavy atom. The van der Waals surface area contributed by atoms with Gasteiger partial charge in [-0.3, -0.25) is 4.72 Å². The van der Waals surface area contributed by atoms with Crippen LogP contribution in [0.1, 0.15) is 43.7 Å². The van der Waals surface area contributed by atoms with Crippen LogP contribution >= 0.6 is 0 Å². The van der Waals surface area contributed by atoms with E-state index in [9.17, 15) is 8.42 Å². The molecular weight excluding hydrogens is 510 g/mol. The molecule has 39 heavy (non-hydrogen) atoms. The molecular formula is C30H35N5O3S. The maximum absolute atomic E-state index is 13.0. The maximum atomic E-state index is 13.0. The largest absolute Gasteiger partial charge is 0.495 e. The van der Waals surface area contributed by atoms with Gasteiger partial charge in [-0.05, 0) is 97.7 Å². The Morgan fingerprint density at radius 3 is 2.54 bits per heavy atom. The molecule has 1 aliphatic rings. The number of anilines is 2. The fourth-order valence-electron chi connectivity index (χ4n) is 5.26. The summed E-state index contributed by atoms with van der Waals surface area (Å²) in [5.41, 5.74) is 11.6. The summed E-state index contributed by atoms with van der Waals surface area (Å²) in [5.74, 6) is 0.957. The van der Waals surface area contributed by atoms with Gasteiger partial charge in [-0.2, -0.15) is 0 Å². The van der Waals surface area contributed by atoms with E-state index in [2.05, 4.69) is 34.1 Å². The molecule has 4 aromatic rings. The molecule has 0 unspecified atom stereocenters. The topological polar surface area (TPSA) is 119 Å². The van der Waals surface area contributed by atoms with Crippen LogP contribution in [0, 0.1) is 6.92 Å². The molecule has 0 aliphatic heterocycles. The molecule has 3 aromatic carbocycles. The van der Waals surface area contributed by atoms with E-state index in [1.807, 2.05) is 25.3 Å². The van der Waals surface area contributed by atoms with Crippen molar-refractivity contribution in [1.29, 1.82) is 0 Å². The Balaban J connectivity index is 1.41. The number of sulfonamides is 1. The molecule has 1 aliphatic carbocycles. The molecule has 0 bridgehead atoms. The quantitative estimate of drug-likeness (QED) is 0.261. The van der Waals surface area contributed by atoms with Gasteiger partial charge in [0.2, 0.25) is 5.95 Å². The molecule has 1 heterocycles. The summed E-state index contributed by atoms with van der Waals surface area (Å²) in [6.07, 6.45) is 6.82. The zero-order chi connectivity index (χ0) is 27.6. The zero-order valence-corrected chi connectivity index (χ0v) is 23.4. The average molecular weight is 546 g/mol. The van der Waals surface area contributed by atoms with Crippen LogP contribution < -0.4 is 20.5 Å². The number of aromatic nitrogens is 2. The van der Waals surface area contributed by atoms with Crippen molar-refractivity contribution >= 4 is 32.6 Å². The molecule has 1 saturated carbocycles. The van der Waals surface area contributed by atoms with Gasteiger partial charge in [0, 0.05) is 29.4 Å². The Bertz CT molecular complexity index is 1600. The number of hydrogen-bond donors (Lipinski definition) is 3. The highest BCUT2D eigenvalue weighted by Crippen LogP contribution is 2.32. The van der Waals surface area contributed by atoms with Crippen LogP contribution in [-0.2, 0) is 16.4 Å². The number of nitrogens with one attached hydrogen (secondary N) is 2. The summed E-state index contributed by atoms with van der Waals surface area (Å²) >= 11 is 0. The smallest absolute Gasteiger partial charge is 0.265 e. The first kappa shape index (κ1) is 26.9. The Morgan fingerprint density at radius 1 is 1.05 bits per heavy atom. The van der Waals surface area contributed by atoms with Crippen LogP contribution in [0.15, 0.2) is 65.7 Å². The fraction of sp³-hybridized carbons (Fsp3) is 0.333. The highest BCUT2D eigenvalue weighted by atomic mass is 32.2. The summed E-state index contributed by atoms with van der Waals surface area (Å²) in [6.45, 7) is 4.10. The third kappa shape index (κ3) is 5.84. The molecule has 8 nitrogen and oxygen atoms in total. The number of nitrogens with two attached hydrogens (primary N) is 1. The number of ether oxygens (including phenoxy) is 1. The Kier molecular flexibility index (Phi) is 7.72. The highest BCUT2D eigenvalue weighted by Gasteiger charge is 2.21. The van der Waals surface area contributed by atoms with Crippen LogP contribution in [0.3, 0.4) is 0 Å². The van der Waals surface area contributed by atoms with Crippen molar-refractivity contribution in [3.05, 3.63) is 71.9 Å². The lowest BCUT2D eigenvalue weighted by atomic mass is 9.92. The second kappa shape index (κ2) is 11.2. The fourth-order valence-corrected chi connectivity index (χ4v) is 6.48. The van der Waals surface area contributed by atoms with Gasteiger partial charge in [0.05, 0.1) is 12.6 Å². The van der Waals surface area contributed by atoms with Crippen LogP contribution in [-0.4, -0.2) is 37.6 Å². The molecule has 204 valence electrons. The van der Waals surface area contributed by atoms with E-state index >= 15 is 0 Å². The van der Waals surface area contributed by atoms with Gasteiger partial charge in [0.15, 0.2) is 0 Å². The van der Waals surface area contributed by atoms with Crippen molar-refractivity contribution in [2.45, 2.75) is 62.9 Å². The molecule has 4 N–H and O–H groups in total. The van der Waals surface area contributed by atoms with E-state index in [0.29, 0.717) is 29.5 Å². The number of fused-ring (bicyclic) bond motifs is 1. The first-order chi connectivity index (χ1) is 18.8. The molecule has 1 aromatic heterocycles. The van der Waals surface area contributed by atoms with Crippen molar-refractivity contribution in [2.75, 3.05) is 17.1 Å². The highest BCUT2D eigenvalue weighted by molar-refractivity contribution is 7.92. The maximum Gasteiger partial charge on any atom is 0.265 e. The van der Waals surface area contributed by atoms with Crippen molar-refractivity contribution in [2.24, 2.45) is 5.73 Å². The lowest BCUT2D eigenvalue weighted by molar-refractivity contribution is 0.403. The lowest BCUT2D eigenvalue weighted by Crippen LogP contribution is -2.33. The molecule has 0 radical (unpaired) electrons. The van der Waals surface area contributed by atoms with Gasteiger partial charge in [0.1, 0.15) is 10.6 Å². The number of aryl methyl sites for hydroxylation is 2. The first-order valence-electron chi connectivity index (χ1n) is 13.4. The van der Waals surface area contributed by atoms with Gasteiger partial charge in [-0.1, -0.05) is 25.1 Å². The normalized spacial score (nSPS) is 17.6. The molecule has 0 amide bonds. The minimum atomic E-state index is -3.81. The van der Waals surface area contributed by atoms with E-state index < -0.39 is 10.0 Å². The van der Waals surface area contributed by atoms with Crippen molar-refractivity contribution in [3.8, 4) is 16.9 Å². The Hall–Kier alpha value is -3.69. The SMILES string of the molecule is CCc1cc(-c2ccc(NS(=O)(=O)c3ccccc3OC)cc2C)cc2cnc(N[C@H]3CC[C@H](N)CC3)nc12. The molecule has 0 saturated heterocycles. The van der Waals surface area contributed by atoms with Crippen molar-refractivity contribution < 1.29 is 13.2 Å². The minimum absolute atomic E-state index is 0.0947. The van der Waals surface area contributed by atoms with Crippen molar-refractivity contribution in [1.82, 2.24) is 9.97 Å².